The van der Waals surface area contributed by atoms with Crippen molar-refractivity contribution in [3.63, 3.8) is 0 Å². The van der Waals surface area contributed by atoms with Crippen LogP contribution in [0.2, 0.25) is 20.6 Å². The number of nitrogens with zero attached hydrogens (tertiary/aromatic N) is 2. The van der Waals surface area contributed by atoms with Crippen molar-refractivity contribution in [2.45, 2.75) is 36.4 Å². The molecule has 0 amide bonds. The SMILES string of the molecule is CC[As](CC)CCOc1cc(F)c2c(-c3ccc(O)c(Cl)c3)nc3n[nH]c(C)c3c2c1OC. The van der Waals surface area contributed by atoms with Crippen molar-refractivity contribution in [3.8, 4) is 28.5 Å². The second-order valence-corrected chi connectivity index (χ2v) is 14.5. The van der Waals surface area contributed by atoms with E-state index in [4.69, 9.17) is 21.1 Å². The van der Waals surface area contributed by atoms with Crippen LogP contribution < -0.4 is 9.47 Å². The number of phenols is 1. The molecule has 4 rings (SSSR count). The molecule has 174 valence electrons. The van der Waals surface area contributed by atoms with Crippen LogP contribution in [-0.2, 0) is 0 Å². The van der Waals surface area contributed by atoms with E-state index in [0.717, 1.165) is 10.9 Å². The Kier molecular flexibility index (Phi) is 7.01. The van der Waals surface area contributed by atoms with Crippen LogP contribution >= 0.6 is 11.6 Å². The van der Waals surface area contributed by atoms with Crippen molar-refractivity contribution >= 4 is 48.1 Å². The number of aromatic amines is 1. The molecule has 2 heterocycles. The van der Waals surface area contributed by atoms with Crippen molar-refractivity contribution in [1.29, 1.82) is 0 Å². The van der Waals surface area contributed by atoms with Crippen molar-refractivity contribution in [2.24, 2.45) is 0 Å². The number of H-pyrrole nitrogens is 1. The number of rotatable bonds is 8. The van der Waals surface area contributed by atoms with Crippen molar-refractivity contribution in [2.75, 3.05) is 13.7 Å². The summed E-state index contributed by atoms with van der Waals surface area (Å²) >= 11 is 5.23. The van der Waals surface area contributed by atoms with Gasteiger partial charge in [0.25, 0.3) is 0 Å². The first kappa shape index (κ1) is 23.6. The van der Waals surface area contributed by atoms with Gasteiger partial charge in [-0.05, 0) is 0 Å². The van der Waals surface area contributed by atoms with Gasteiger partial charge in [-0.1, -0.05) is 0 Å². The van der Waals surface area contributed by atoms with Crippen LogP contribution in [0.4, 0.5) is 4.39 Å². The molecule has 0 unspecified atom stereocenters. The molecule has 6 nitrogen and oxygen atoms in total. The van der Waals surface area contributed by atoms with Gasteiger partial charge in [0.1, 0.15) is 0 Å². The molecule has 2 aromatic heterocycles. The number of hydrogen-bond acceptors (Lipinski definition) is 5. The molecule has 9 heteroatoms. The van der Waals surface area contributed by atoms with Gasteiger partial charge in [0.05, 0.1) is 0 Å². The molecule has 0 saturated carbocycles. The molecule has 33 heavy (non-hydrogen) atoms. The van der Waals surface area contributed by atoms with Gasteiger partial charge in [0, 0.05) is 0 Å². The summed E-state index contributed by atoms with van der Waals surface area (Å²) in [4.78, 5) is 4.63. The number of hydrogen-bond donors (Lipinski definition) is 2. The van der Waals surface area contributed by atoms with Gasteiger partial charge < -0.3 is 5.11 Å². The van der Waals surface area contributed by atoms with Crippen LogP contribution in [0.1, 0.15) is 19.5 Å². The molecule has 2 aromatic carbocycles. The van der Waals surface area contributed by atoms with Crippen LogP contribution in [0.15, 0.2) is 24.3 Å². The monoisotopic (exact) mass is 533 g/mol. The standard InChI is InChI=1S/C24H26AsClFN3O3/c1-5-25(6-2)9-10-33-18-12-16(27)20-21(23(18)32-4)19-13(3)29-30-24(19)28-22(20)14-7-8-17(31)15(26)11-14/h7-8,11-12,31H,5-6,9-10H2,1-4H3,(H,28,29,30). The maximum atomic E-state index is 15.7. The Bertz CT molecular complexity index is 1320. The Morgan fingerprint density at radius 1 is 1.15 bits per heavy atom. The zero-order valence-corrected chi connectivity index (χ0v) is 21.6. The number of nitrogens with one attached hydrogen (secondary N) is 1. The summed E-state index contributed by atoms with van der Waals surface area (Å²) in [5.41, 5.74) is 2.09. The quantitative estimate of drug-likeness (QED) is 0.253. The average Bonchev–Trinajstić information content (AvgIpc) is 3.18. The molecule has 0 atom stereocenters. The van der Waals surface area contributed by atoms with E-state index in [0.29, 0.717) is 45.8 Å². The Labute approximate surface area is 201 Å². The number of aromatic hydroxyl groups is 1. The number of aromatic nitrogens is 3. The van der Waals surface area contributed by atoms with Crippen LogP contribution in [0.5, 0.6) is 17.2 Å². The normalized spacial score (nSPS) is 11.6. The Hall–Kier alpha value is -2.50. The zero-order valence-electron chi connectivity index (χ0n) is 19.0. The molecule has 0 aliphatic carbocycles. The summed E-state index contributed by atoms with van der Waals surface area (Å²) in [5, 5.41) is 22.2. The van der Waals surface area contributed by atoms with E-state index in [2.05, 4.69) is 29.0 Å². The second kappa shape index (κ2) is 9.78. The van der Waals surface area contributed by atoms with Gasteiger partial charge in [0.15, 0.2) is 0 Å². The maximum absolute atomic E-state index is 15.7. The number of phenolic OH excluding ortho intramolecular Hbond substituents is 1. The number of fused-ring (bicyclic) bond motifs is 3. The van der Waals surface area contributed by atoms with E-state index in [1.54, 1.807) is 19.2 Å². The minimum absolute atomic E-state index is 0.0589. The molecule has 2 N–H and O–H groups in total. The Balaban J connectivity index is 1.95. The summed E-state index contributed by atoms with van der Waals surface area (Å²) in [6.45, 7) is 6.84. The predicted molar refractivity (Wildman–Crippen MR) is 132 cm³/mol. The van der Waals surface area contributed by atoms with E-state index >= 15 is 4.39 Å². The Morgan fingerprint density at radius 2 is 1.91 bits per heavy atom. The van der Waals surface area contributed by atoms with E-state index in [1.807, 2.05) is 6.92 Å². The third kappa shape index (κ3) is 4.36. The van der Waals surface area contributed by atoms with Crippen LogP contribution in [0.25, 0.3) is 33.1 Å². The summed E-state index contributed by atoms with van der Waals surface area (Å²) in [6, 6.07) is 6.02. The zero-order chi connectivity index (χ0) is 23.7. The number of pyridine rings is 1. The summed E-state index contributed by atoms with van der Waals surface area (Å²) in [6.07, 6.45) is 0. The van der Waals surface area contributed by atoms with Crippen LogP contribution in [-0.4, -0.2) is 48.7 Å². The number of ether oxygens (including phenoxy) is 2. The van der Waals surface area contributed by atoms with E-state index < -0.39 is 20.5 Å². The third-order valence-corrected chi connectivity index (χ3v) is 11.6. The van der Waals surface area contributed by atoms with Gasteiger partial charge in [-0.15, -0.1) is 0 Å². The fraction of sp³-hybridized carbons (Fsp3) is 0.333. The van der Waals surface area contributed by atoms with Crippen LogP contribution in [0.3, 0.4) is 0 Å². The summed E-state index contributed by atoms with van der Waals surface area (Å²) < 4.78 is 27.5. The van der Waals surface area contributed by atoms with Crippen molar-refractivity contribution in [3.05, 3.63) is 40.8 Å². The molecule has 0 spiro atoms. The van der Waals surface area contributed by atoms with Gasteiger partial charge >= 0.3 is 197 Å². The number of halogens is 2. The van der Waals surface area contributed by atoms with Gasteiger partial charge in [-0.3, -0.25) is 0 Å². The number of aryl methyl sites for hydroxylation is 1. The molecule has 0 radical (unpaired) electrons. The van der Waals surface area contributed by atoms with Crippen molar-refractivity contribution in [1.82, 2.24) is 15.2 Å². The predicted octanol–water partition coefficient (Wildman–Crippen LogP) is 6.51. The first-order valence-corrected chi connectivity index (χ1v) is 15.1. The molecule has 4 aromatic rings. The molecule has 0 aliphatic rings. The fourth-order valence-electron chi connectivity index (χ4n) is 4.03. The van der Waals surface area contributed by atoms with Crippen LogP contribution in [0, 0.1) is 12.7 Å². The van der Waals surface area contributed by atoms with E-state index in [9.17, 15) is 5.11 Å². The minimum atomic E-state index is -0.903. The van der Waals surface area contributed by atoms with Gasteiger partial charge in [-0.2, -0.15) is 0 Å². The van der Waals surface area contributed by atoms with Crippen molar-refractivity contribution < 1.29 is 19.0 Å². The molecule has 0 fully saturated rings. The first-order valence-electron chi connectivity index (χ1n) is 10.8. The molecule has 0 aliphatic heterocycles. The van der Waals surface area contributed by atoms with Gasteiger partial charge in [0.2, 0.25) is 0 Å². The summed E-state index contributed by atoms with van der Waals surface area (Å²) in [7, 11) is 1.55. The summed E-state index contributed by atoms with van der Waals surface area (Å²) in [5.74, 6) is 0.277. The molecule has 0 bridgehead atoms. The molecular weight excluding hydrogens is 508 g/mol. The molecular formula is C24H26AsClFN3O3. The first-order chi connectivity index (χ1) is 15.9. The second-order valence-electron chi connectivity index (χ2n) is 7.69. The van der Waals surface area contributed by atoms with E-state index in [-0.39, 0.29) is 16.2 Å². The molecule has 0 saturated heterocycles. The fourth-order valence-corrected chi connectivity index (χ4v) is 7.21. The van der Waals surface area contributed by atoms with E-state index in [1.165, 1.54) is 22.5 Å². The Morgan fingerprint density at radius 3 is 2.58 bits per heavy atom. The average molecular weight is 534 g/mol. The topological polar surface area (TPSA) is 80.3 Å². The third-order valence-electron chi connectivity index (χ3n) is 5.81. The number of benzene rings is 2. The van der Waals surface area contributed by atoms with Gasteiger partial charge in [-0.25, -0.2) is 0 Å². The number of methoxy groups -OCH3 is 1.